The third-order valence-corrected chi connectivity index (χ3v) is 4.26. The first-order valence-electron chi connectivity index (χ1n) is 5.82. The molecule has 0 aromatic heterocycles. The molecule has 0 aliphatic heterocycles. The van der Waals surface area contributed by atoms with E-state index in [1.54, 1.807) is 6.92 Å². The topological polar surface area (TPSA) is 37.3 Å². The highest BCUT2D eigenvalue weighted by molar-refractivity contribution is 5.75. The number of carbonyl (C=O) groups is 1. The number of hydrogen-bond acceptors (Lipinski definition) is 2. The Morgan fingerprint density at radius 2 is 1.93 bits per heavy atom. The van der Waals surface area contributed by atoms with Crippen molar-refractivity contribution in [2.24, 2.45) is 23.7 Å². The molecular weight excluding hydrogens is 176 g/mol. The molecular formula is C12H20O2. The predicted octanol–water partition coefficient (Wildman–Crippen LogP) is 2.01. The first-order chi connectivity index (χ1) is 6.72. The minimum Gasteiger partial charge on any atom is -0.396 e. The van der Waals surface area contributed by atoms with Gasteiger partial charge in [0.1, 0.15) is 5.78 Å². The Kier molecular flexibility index (Phi) is 2.91. The average molecular weight is 196 g/mol. The number of aliphatic hydroxyl groups is 1. The van der Waals surface area contributed by atoms with Gasteiger partial charge in [-0.15, -0.1) is 0 Å². The zero-order valence-electron chi connectivity index (χ0n) is 8.91. The van der Waals surface area contributed by atoms with Gasteiger partial charge in [-0.1, -0.05) is 0 Å². The van der Waals surface area contributed by atoms with Crippen LogP contribution >= 0.6 is 0 Å². The summed E-state index contributed by atoms with van der Waals surface area (Å²) in [7, 11) is 0. The van der Waals surface area contributed by atoms with Crippen molar-refractivity contribution in [1.29, 1.82) is 0 Å². The molecule has 2 bridgehead atoms. The molecule has 80 valence electrons. The van der Waals surface area contributed by atoms with Crippen molar-refractivity contribution >= 4 is 5.78 Å². The first-order valence-corrected chi connectivity index (χ1v) is 5.82. The number of ketones is 1. The number of carbonyl (C=O) groups excluding carboxylic acids is 1. The number of aliphatic hydroxyl groups excluding tert-OH is 1. The molecule has 0 spiro atoms. The Morgan fingerprint density at radius 3 is 2.50 bits per heavy atom. The highest BCUT2D eigenvalue weighted by Crippen LogP contribution is 2.54. The van der Waals surface area contributed by atoms with Crippen molar-refractivity contribution in [3.05, 3.63) is 0 Å². The van der Waals surface area contributed by atoms with Crippen LogP contribution in [0.4, 0.5) is 0 Å². The fourth-order valence-corrected chi connectivity index (χ4v) is 3.78. The summed E-state index contributed by atoms with van der Waals surface area (Å²) in [5.74, 6) is 3.17. The van der Waals surface area contributed by atoms with Crippen molar-refractivity contribution in [2.45, 2.75) is 39.0 Å². The molecule has 0 aromatic carbocycles. The first kappa shape index (κ1) is 10.2. The molecule has 2 rings (SSSR count). The van der Waals surface area contributed by atoms with Gasteiger partial charge in [-0.05, 0) is 56.3 Å². The quantitative estimate of drug-likeness (QED) is 0.746. The van der Waals surface area contributed by atoms with Gasteiger partial charge in [0.25, 0.3) is 0 Å². The van der Waals surface area contributed by atoms with E-state index in [-0.39, 0.29) is 0 Å². The van der Waals surface area contributed by atoms with Crippen molar-refractivity contribution in [1.82, 2.24) is 0 Å². The van der Waals surface area contributed by atoms with Crippen LogP contribution in [0.15, 0.2) is 0 Å². The highest BCUT2D eigenvalue weighted by Gasteiger charge is 2.46. The molecule has 2 nitrogen and oxygen atoms in total. The zero-order valence-corrected chi connectivity index (χ0v) is 8.91. The van der Waals surface area contributed by atoms with E-state index in [2.05, 4.69) is 0 Å². The van der Waals surface area contributed by atoms with Crippen LogP contribution in [0.25, 0.3) is 0 Å². The van der Waals surface area contributed by atoms with E-state index >= 15 is 0 Å². The maximum Gasteiger partial charge on any atom is 0.130 e. The van der Waals surface area contributed by atoms with Crippen LogP contribution in [0, 0.1) is 23.7 Å². The third-order valence-electron chi connectivity index (χ3n) is 4.26. The summed E-state index contributed by atoms with van der Waals surface area (Å²) in [5, 5.41) is 9.02. The van der Waals surface area contributed by atoms with Gasteiger partial charge < -0.3 is 9.90 Å². The Labute approximate surface area is 85.7 Å². The van der Waals surface area contributed by atoms with Crippen molar-refractivity contribution in [2.75, 3.05) is 6.61 Å². The molecule has 1 N–H and O–H groups in total. The molecule has 2 aliphatic rings. The Hall–Kier alpha value is -0.370. The molecule has 4 unspecified atom stereocenters. The molecule has 0 amide bonds. The monoisotopic (exact) mass is 196 g/mol. The van der Waals surface area contributed by atoms with E-state index in [0.29, 0.717) is 24.2 Å². The summed E-state index contributed by atoms with van der Waals surface area (Å²) in [6.07, 6.45) is 5.65. The Morgan fingerprint density at radius 1 is 1.29 bits per heavy atom. The lowest BCUT2D eigenvalue weighted by Crippen LogP contribution is -2.25. The second kappa shape index (κ2) is 4.01. The summed E-state index contributed by atoms with van der Waals surface area (Å²) in [4.78, 5) is 11.2. The van der Waals surface area contributed by atoms with Crippen LogP contribution < -0.4 is 0 Å². The summed E-state index contributed by atoms with van der Waals surface area (Å²) in [6, 6.07) is 0. The molecule has 2 aliphatic carbocycles. The van der Waals surface area contributed by atoms with Crippen LogP contribution in [-0.4, -0.2) is 17.5 Å². The van der Waals surface area contributed by atoms with Gasteiger partial charge in [-0.25, -0.2) is 0 Å². The predicted molar refractivity (Wildman–Crippen MR) is 54.8 cm³/mol. The van der Waals surface area contributed by atoms with Gasteiger partial charge in [0.2, 0.25) is 0 Å². The lowest BCUT2D eigenvalue weighted by atomic mass is 9.75. The molecule has 2 saturated carbocycles. The smallest absolute Gasteiger partial charge is 0.130 e. The second-order valence-electron chi connectivity index (χ2n) is 5.08. The third kappa shape index (κ3) is 1.72. The number of fused-ring (bicyclic) bond motifs is 2. The minimum atomic E-state index is 0.294. The van der Waals surface area contributed by atoms with Gasteiger partial charge in [0.15, 0.2) is 0 Å². The van der Waals surface area contributed by atoms with E-state index in [1.807, 2.05) is 0 Å². The summed E-state index contributed by atoms with van der Waals surface area (Å²) < 4.78 is 0. The SMILES string of the molecule is CC(=O)CC1C2CCC(C2)C1CCO. The average Bonchev–Trinajstić information content (AvgIpc) is 2.68. The van der Waals surface area contributed by atoms with E-state index < -0.39 is 0 Å². The second-order valence-corrected chi connectivity index (χ2v) is 5.08. The van der Waals surface area contributed by atoms with Gasteiger partial charge in [-0.3, -0.25) is 0 Å². The maximum absolute atomic E-state index is 11.2. The fourth-order valence-electron chi connectivity index (χ4n) is 3.78. The van der Waals surface area contributed by atoms with Gasteiger partial charge >= 0.3 is 0 Å². The molecule has 4 atom stereocenters. The molecule has 2 fully saturated rings. The largest absolute Gasteiger partial charge is 0.396 e. The molecule has 0 saturated heterocycles. The Balaban J connectivity index is 2.01. The minimum absolute atomic E-state index is 0.294. The number of hydrogen-bond donors (Lipinski definition) is 1. The normalized spacial score (nSPS) is 40.4. The highest BCUT2D eigenvalue weighted by atomic mass is 16.3. The van der Waals surface area contributed by atoms with Gasteiger partial charge in [0.05, 0.1) is 0 Å². The molecule has 0 radical (unpaired) electrons. The van der Waals surface area contributed by atoms with Crippen LogP contribution in [0.5, 0.6) is 0 Å². The lowest BCUT2D eigenvalue weighted by molar-refractivity contribution is -0.118. The zero-order chi connectivity index (χ0) is 10.1. The van der Waals surface area contributed by atoms with Gasteiger partial charge in [0, 0.05) is 13.0 Å². The molecule has 14 heavy (non-hydrogen) atoms. The number of rotatable bonds is 4. The standard InChI is InChI=1S/C12H20O2/c1-8(14)6-12-10-3-2-9(7-10)11(12)4-5-13/h9-13H,2-7H2,1H3. The maximum atomic E-state index is 11.2. The fraction of sp³-hybridized carbons (Fsp3) is 0.917. The van der Waals surface area contributed by atoms with Crippen molar-refractivity contribution in [3.63, 3.8) is 0 Å². The molecule has 2 heteroatoms. The lowest BCUT2D eigenvalue weighted by Gasteiger charge is -2.30. The van der Waals surface area contributed by atoms with Crippen LogP contribution in [0.1, 0.15) is 39.0 Å². The summed E-state index contributed by atoms with van der Waals surface area (Å²) in [5.41, 5.74) is 0. The summed E-state index contributed by atoms with van der Waals surface area (Å²) >= 11 is 0. The van der Waals surface area contributed by atoms with Crippen molar-refractivity contribution < 1.29 is 9.90 Å². The molecule has 0 heterocycles. The summed E-state index contributed by atoms with van der Waals surface area (Å²) in [6.45, 7) is 1.99. The van der Waals surface area contributed by atoms with Crippen LogP contribution in [-0.2, 0) is 4.79 Å². The van der Waals surface area contributed by atoms with E-state index in [1.165, 1.54) is 19.3 Å². The van der Waals surface area contributed by atoms with E-state index in [4.69, 9.17) is 5.11 Å². The molecule has 0 aromatic rings. The Bertz CT molecular complexity index is 224. The van der Waals surface area contributed by atoms with E-state index in [9.17, 15) is 4.79 Å². The van der Waals surface area contributed by atoms with Crippen molar-refractivity contribution in [3.8, 4) is 0 Å². The number of Topliss-reactive ketones (excluding diaryl/α,β-unsaturated/α-hetero) is 1. The van der Waals surface area contributed by atoms with Crippen LogP contribution in [0.2, 0.25) is 0 Å². The van der Waals surface area contributed by atoms with Gasteiger partial charge in [-0.2, -0.15) is 0 Å². The van der Waals surface area contributed by atoms with E-state index in [0.717, 1.165) is 24.7 Å². The van der Waals surface area contributed by atoms with Crippen LogP contribution in [0.3, 0.4) is 0 Å².